The molecule has 0 saturated heterocycles. The van der Waals surface area contributed by atoms with Gasteiger partial charge < -0.3 is 10.6 Å². The minimum absolute atomic E-state index is 0.0437. The van der Waals surface area contributed by atoms with Crippen LogP contribution in [0, 0.1) is 6.92 Å². The van der Waals surface area contributed by atoms with Crippen molar-refractivity contribution in [3.63, 3.8) is 0 Å². The molecule has 2 rings (SSSR count). The standard InChI is InChI=1S/C17H16ClF3N2O/c1-11-2-4-12(5-3-11)9-22-10-16(24)23-15-7-6-13(18)8-14(15)17(19,20)21/h2-8,22H,9-10H2,1H3,(H,23,24). The molecule has 3 nitrogen and oxygen atoms in total. The zero-order valence-electron chi connectivity index (χ0n) is 12.9. The molecule has 0 saturated carbocycles. The highest BCUT2D eigenvalue weighted by Gasteiger charge is 2.34. The Labute approximate surface area is 142 Å². The van der Waals surface area contributed by atoms with E-state index in [0.717, 1.165) is 23.3 Å². The minimum atomic E-state index is -4.59. The Morgan fingerprint density at radius 3 is 2.42 bits per heavy atom. The van der Waals surface area contributed by atoms with Crippen LogP contribution in [-0.2, 0) is 17.5 Å². The molecule has 0 aliphatic carbocycles. The van der Waals surface area contributed by atoms with Crippen molar-refractivity contribution in [2.75, 3.05) is 11.9 Å². The number of hydrogen-bond acceptors (Lipinski definition) is 2. The Bertz CT molecular complexity index is 715. The molecule has 2 aromatic rings. The monoisotopic (exact) mass is 356 g/mol. The summed E-state index contributed by atoms with van der Waals surface area (Å²) in [7, 11) is 0. The van der Waals surface area contributed by atoms with Crippen LogP contribution in [-0.4, -0.2) is 12.5 Å². The second-order valence-corrected chi connectivity index (χ2v) is 5.76. The molecule has 1 amide bonds. The molecule has 2 N–H and O–H groups in total. The van der Waals surface area contributed by atoms with E-state index in [1.807, 2.05) is 31.2 Å². The molecule has 0 spiro atoms. The number of carbonyl (C=O) groups excluding carboxylic acids is 1. The zero-order valence-corrected chi connectivity index (χ0v) is 13.6. The second kappa shape index (κ2) is 7.68. The van der Waals surface area contributed by atoms with Gasteiger partial charge in [0.05, 0.1) is 17.8 Å². The van der Waals surface area contributed by atoms with E-state index in [1.54, 1.807) is 0 Å². The van der Waals surface area contributed by atoms with E-state index in [1.165, 1.54) is 6.07 Å². The van der Waals surface area contributed by atoms with Crippen LogP contribution in [0.2, 0.25) is 5.02 Å². The van der Waals surface area contributed by atoms with Gasteiger partial charge in [0.25, 0.3) is 0 Å². The van der Waals surface area contributed by atoms with E-state index in [9.17, 15) is 18.0 Å². The van der Waals surface area contributed by atoms with E-state index in [0.29, 0.717) is 6.54 Å². The third-order valence-corrected chi connectivity index (χ3v) is 3.53. The molecule has 128 valence electrons. The van der Waals surface area contributed by atoms with Gasteiger partial charge >= 0.3 is 6.18 Å². The number of nitrogens with one attached hydrogen (secondary N) is 2. The van der Waals surface area contributed by atoms with E-state index in [-0.39, 0.29) is 17.3 Å². The Morgan fingerprint density at radius 2 is 1.79 bits per heavy atom. The number of halogens is 4. The van der Waals surface area contributed by atoms with Crippen molar-refractivity contribution < 1.29 is 18.0 Å². The largest absolute Gasteiger partial charge is 0.418 e. The van der Waals surface area contributed by atoms with E-state index in [2.05, 4.69) is 10.6 Å². The van der Waals surface area contributed by atoms with Crippen molar-refractivity contribution >= 4 is 23.2 Å². The zero-order chi connectivity index (χ0) is 17.7. The number of alkyl halides is 3. The SMILES string of the molecule is Cc1ccc(CNCC(=O)Nc2ccc(Cl)cc2C(F)(F)F)cc1. The lowest BCUT2D eigenvalue weighted by molar-refractivity contribution is -0.137. The highest BCUT2D eigenvalue weighted by molar-refractivity contribution is 6.30. The van der Waals surface area contributed by atoms with Crippen molar-refractivity contribution in [3.8, 4) is 0 Å². The van der Waals surface area contributed by atoms with Crippen molar-refractivity contribution in [1.29, 1.82) is 0 Å². The van der Waals surface area contributed by atoms with Crippen molar-refractivity contribution in [2.24, 2.45) is 0 Å². The first-order chi connectivity index (χ1) is 11.3. The van der Waals surface area contributed by atoms with Crippen molar-refractivity contribution in [1.82, 2.24) is 5.32 Å². The summed E-state index contributed by atoms with van der Waals surface area (Å²) in [6, 6.07) is 11.0. The van der Waals surface area contributed by atoms with Gasteiger partial charge in [0.2, 0.25) is 5.91 Å². The van der Waals surface area contributed by atoms with Crippen molar-refractivity contribution in [2.45, 2.75) is 19.6 Å². The molecular formula is C17H16ClF3N2O. The third kappa shape index (κ3) is 5.25. The molecule has 7 heteroatoms. The summed E-state index contributed by atoms with van der Waals surface area (Å²) in [6.07, 6.45) is -4.59. The first-order valence-electron chi connectivity index (χ1n) is 7.18. The molecular weight excluding hydrogens is 341 g/mol. The van der Waals surface area contributed by atoms with Crippen molar-refractivity contribution in [3.05, 3.63) is 64.2 Å². The van der Waals surface area contributed by atoms with Crippen LogP contribution in [0.5, 0.6) is 0 Å². The number of amides is 1. The molecule has 0 radical (unpaired) electrons. The minimum Gasteiger partial charge on any atom is -0.324 e. The quantitative estimate of drug-likeness (QED) is 0.834. The summed E-state index contributed by atoms with van der Waals surface area (Å²) < 4.78 is 38.9. The average molecular weight is 357 g/mol. The van der Waals surface area contributed by atoms with Crippen LogP contribution in [0.1, 0.15) is 16.7 Å². The van der Waals surface area contributed by atoms with Gasteiger partial charge in [-0.15, -0.1) is 0 Å². The third-order valence-electron chi connectivity index (χ3n) is 3.30. The summed E-state index contributed by atoms with van der Waals surface area (Å²) in [5, 5.41) is 5.11. The number of rotatable bonds is 5. The van der Waals surface area contributed by atoms with Crippen LogP contribution in [0.25, 0.3) is 0 Å². The highest BCUT2D eigenvalue weighted by Crippen LogP contribution is 2.36. The Hall–Kier alpha value is -2.05. The summed E-state index contributed by atoms with van der Waals surface area (Å²) in [5.41, 5.74) is 0.825. The van der Waals surface area contributed by atoms with Crippen LogP contribution in [0.4, 0.5) is 18.9 Å². The number of hydrogen-bond donors (Lipinski definition) is 2. The highest BCUT2D eigenvalue weighted by atomic mass is 35.5. The maximum Gasteiger partial charge on any atom is 0.418 e. The lowest BCUT2D eigenvalue weighted by Gasteiger charge is -2.14. The Balaban J connectivity index is 1.94. The maximum absolute atomic E-state index is 13.0. The van der Waals surface area contributed by atoms with E-state index < -0.39 is 17.6 Å². The molecule has 0 fully saturated rings. The van der Waals surface area contributed by atoms with Crippen LogP contribution >= 0.6 is 11.6 Å². The van der Waals surface area contributed by atoms with Gasteiger partial charge in [-0.1, -0.05) is 41.4 Å². The van der Waals surface area contributed by atoms with Gasteiger partial charge in [0.1, 0.15) is 0 Å². The molecule has 0 heterocycles. The summed E-state index contributed by atoms with van der Waals surface area (Å²) in [5.74, 6) is -0.560. The second-order valence-electron chi connectivity index (χ2n) is 5.32. The topological polar surface area (TPSA) is 41.1 Å². The smallest absolute Gasteiger partial charge is 0.324 e. The Kier molecular flexibility index (Phi) is 5.85. The first kappa shape index (κ1) is 18.3. The van der Waals surface area contributed by atoms with Crippen LogP contribution < -0.4 is 10.6 Å². The lowest BCUT2D eigenvalue weighted by Crippen LogP contribution is -2.28. The number of benzene rings is 2. The molecule has 0 aromatic heterocycles. The molecule has 0 aliphatic rings. The van der Waals surface area contributed by atoms with Gasteiger partial charge in [0.15, 0.2) is 0 Å². The summed E-state index contributed by atoms with van der Waals surface area (Å²) in [6.45, 7) is 2.31. The van der Waals surface area contributed by atoms with Gasteiger partial charge in [-0.3, -0.25) is 4.79 Å². The fraction of sp³-hybridized carbons (Fsp3) is 0.235. The number of aryl methyl sites for hydroxylation is 1. The molecule has 0 atom stereocenters. The van der Waals surface area contributed by atoms with Gasteiger partial charge in [-0.2, -0.15) is 13.2 Å². The maximum atomic E-state index is 13.0. The first-order valence-corrected chi connectivity index (χ1v) is 7.56. The van der Waals surface area contributed by atoms with Gasteiger partial charge in [-0.05, 0) is 30.7 Å². The predicted molar refractivity (Wildman–Crippen MR) is 88.0 cm³/mol. The fourth-order valence-corrected chi connectivity index (χ4v) is 2.25. The molecule has 0 unspecified atom stereocenters. The van der Waals surface area contributed by atoms with E-state index in [4.69, 9.17) is 11.6 Å². The summed E-state index contributed by atoms with van der Waals surface area (Å²) >= 11 is 5.60. The summed E-state index contributed by atoms with van der Waals surface area (Å²) in [4.78, 5) is 11.8. The van der Waals surface area contributed by atoms with Gasteiger partial charge in [-0.25, -0.2) is 0 Å². The molecule has 0 aliphatic heterocycles. The van der Waals surface area contributed by atoms with Crippen LogP contribution in [0.15, 0.2) is 42.5 Å². The Morgan fingerprint density at radius 1 is 1.12 bits per heavy atom. The molecule has 0 bridgehead atoms. The fourth-order valence-electron chi connectivity index (χ4n) is 2.08. The average Bonchev–Trinajstić information content (AvgIpc) is 2.50. The number of carbonyl (C=O) groups is 1. The molecule has 2 aromatic carbocycles. The van der Waals surface area contributed by atoms with Gasteiger partial charge in [0, 0.05) is 11.6 Å². The molecule has 24 heavy (non-hydrogen) atoms. The van der Waals surface area contributed by atoms with Crippen LogP contribution in [0.3, 0.4) is 0 Å². The predicted octanol–water partition coefficient (Wildman–Crippen LogP) is 4.40. The number of anilines is 1. The lowest BCUT2D eigenvalue weighted by atomic mass is 10.1. The van der Waals surface area contributed by atoms with E-state index >= 15 is 0 Å². The normalized spacial score (nSPS) is 11.4.